The van der Waals surface area contributed by atoms with Gasteiger partial charge < -0.3 is 10.2 Å². The molecule has 1 aliphatic carbocycles. The van der Waals surface area contributed by atoms with Crippen molar-refractivity contribution < 1.29 is 22.4 Å². The summed E-state index contributed by atoms with van der Waals surface area (Å²) >= 11 is 0. The molecular weight excluding hydrogens is 481 g/mol. The van der Waals surface area contributed by atoms with E-state index in [4.69, 9.17) is 0 Å². The van der Waals surface area contributed by atoms with E-state index in [0.717, 1.165) is 41.8 Å². The summed E-state index contributed by atoms with van der Waals surface area (Å²) in [4.78, 5) is 28.1. The number of nitrogens with one attached hydrogen (secondary N) is 1. The third-order valence-corrected chi connectivity index (χ3v) is 7.77. The Kier molecular flexibility index (Phi) is 9.11. The van der Waals surface area contributed by atoms with Crippen LogP contribution in [0.1, 0.15) is 63.5 Å². The fourth-order valence-electron chi connectivity index (χ4n) is 4.56. The molecule has 7 nitrogen and oxygen atoms in total. The highest BCUT2D eigenvalue weighted by atomic mass is 32.2. The number of hydrogen-bond donors (Lipinski definition) is 1. The zero-order chi connectivity index (χ0) is 26.5. The monoisotopic (exact) mass is 517 g/mol. The number of para-hydroxylation sites is 1. The highest BCUT2D eigenvalue weighted by molar-refractivity contribution is 7.92. The van der Waals surface area contributed by atoms with Crippen molar-refractivity contribution in [2.75, 3.05) is 17.1 Å². The molecule has 0 unspecified atom stereocenters. The molecule has 196 valence electrons. The highest BCUT2D eigenvalue weighted by Crippen LogP contribution is 2.29. The molecule has 2 amide bonds. The van der Waals surface area contributed by atoms with Crippen molar-refractivity contribution in [3.05, 3.63) is 65.5 Å². The quantitative estimate of drug-likeness (QED) is 0.512. The average Bonchev–Trinajstić information content (AvgIpc) is 3.33. The molecule has 1 atom stereocenters. The Balaban J connectivity index is 1.92. The number of sulfonamides is 1. The third-order valence-electron chi connectivity index (χ3n) is 6.64. The van der Waals surface area contributed by atoms with Gasteiger partial charge >= 0.3 is 0 Å². The van der Waals surface area contributed by atoms with E-state index in [0.29, 0.717) is 11.3 Å². The summed E-state index contributed by atoms with van der Waals surface area (Å²) in [5.74, 6) is -1.17. The van der Waals surface area contributed by atoms with E-state index in [2.05, 4.69) is 5.32 Å². The van der Waals surface area contributed by atoms with E-state index in [1.807, 2.05) is 26.0 Å². The van der Waals surface area contributed by atoms with Gasteiger partial charge in [-0.3, -0.25) is 13.9 Å². The SMILES string of the molecule is CC(C)c1ccccc1N(CC(=O)N(Cc1ccc(F)cc1)[C@@H](C)C(=O)NC1CCCC1)S(C)(=O)=O. The number of amides is 2. The van der Waals surface area contributed by atoms with Gasteiger partial charge in [0.15, 0.2) is 0 Å². The Morgan fingerprint density at radius 1 is 1.03 bits per heavy atom. The van der Waals surface area contributed by atoms with Crippen LogP contribution in [0.15, 0.2) is 48.5 Å². The molecule has 0 heterocycles. The molecule has 0 bridgehead atoms. The summed E-state index contributed by atoms with van der Waals surface area (Å²) < 4.78 is 40.2. The summed E-state index contributed by atoms with van der Waals surface area (Å²) in [6.07, 6.45) is 4.97. The summed E-state index contributed by atoms with van der Waals surface area (Å²) in [5, 5.41) is 3.02. The number of rotatable bonds is 10. The van der Waals surface area contributed by atoms with Crippen molar-refractivity contribution in [1.29, 1.82) is 0 Å². The maximum Gasteiger partial charge on any atom is 0.244 e. The number of hydrogen-bond acceptors (Lipinski definition) is 4. The summed E-state index contributed by atoms with van der Waals surface area (Å²) in [5.41, 5.74) is 1.87. The number of halogens is 1. The molecule has 0 saturated heterocycles. The largest absolute Gasteiger partial charge is 0.352 e. The number of anilines is 1. The lowest BCUT2D eigenvalue weighted by atomic mass is 10.0. The standard InChI is InChI=1S/C27H36FN3O4S/c1-19(2)24-11-7-8-12-25(24)31(36(4,34)35)18-26(32)30(17-21-13-15-22(28)16-14-21)20(3)27(33)29-23-9-5-6-10-23/h7-8,11-16,19-20,23H,5-6,9-10,17-18H2,1-4H3,(H,29,33)/t20-/m0/s1. The predicted octanol–water partition coefficient (Wildman–Crippen LogP) is 4.19. The molecule has 36 heavy (non-hydrogen) atoms. The first-order valence-electron chi connectivity index (χ1n) is 12.4. The van der Waals surface area contributed by atoms with Crippen molar-refractivity contribution in [3.8, 4) is 0 Å². The van der Waals surface area contributed by atoms with Crippen molar-refractivity contribution in [2.45, 2.75) is 71.0 Å². The zero-order valence-corrected chi connectivity index (χ0v) is 22.2. The van der Waals surface area contributed by atoms with Crippen molar-refractivity contribution in [2.24, 2.45) is 0 Å². The average molecular weight is 518 g/mol. The normalized spacial score (nSPS) is 15.1. The van der Waals surface area contributed by atoms with Crippen LogP contribution in [0.25, 0.3) is 0 Å². The maximum atomic E-state index is 13.7. The van der Waals surface area contributed by atoms with E-state index >= 15 is 0 Å². The fraction of sp³-hybridized carbons (Fsp3) is 0.481. The van der Waals surface area contributed by atoms with Crippen LogP contribution >= 0.6 is 0 Å². The molecule has 0 aliphatic heterocycles. The van der Waals surface area contributed by atoms with Crippen LogP contribution in [-0.4, -0.2) is 50.0 Å². The van der Waals surface area contributed by atoms with Gasteiger partial charge in [0.1, 0.15) is 18.4 Å². The van der Waals surface area contributed by atoms with Crippen LogP contribution in [0.2, 0.25) is 0 Å². The maximum absolute atomic E-state index is 13.7. The number of nitrogens with zero attached hydrogens (tertiary/aromatic N) is 2. The first-order valence-corrected chi connectivity index (χ1v) is 14.2. The smallest absolute Gasteiger partial charge is 0.244 e. The summed E-state index contributed by atoms with van der Waals surface area (Å²) in [6.45, 7) is 5.14. The Labute approximate surface area is 213 Å². The lowest BCUT2D eigenvalue weighted by molar-refractivity contribution is -0.139. The summed E-state index contributed by atoms with van der Waals surface area (Å²) in [7, 11) is -3.81. The minimum absolute atomic E-state index is 0.0342. The van der Waals surface area contributed by atoms with Crippen molar-refractivity contribution in [1.82, 2.24) is 10.2 Å². The molecule has 1 saturated carbocycles. The molecule has 3 rings (SSSR count). The molecule has 0 spiro atoms. The van der Waals surface area contributed by atoms with Gasteiger partial charge in [-0.25, -0.2) is 12.8 Å². The van der Waals surface area contributed by atoms with Crippen LogP contribution < -0.4 is 9.62 Å². The van der Waals surface area contributed by atoms with E-state index in [9.17, 15) is 22.4 Å². The van der Waals surface area contributed by atoms with Crippen LogP contribution in [0.5, 0.6) is 0 Å². The number of carbonyl (C=O) groups is 2. The Bertz CT molecular complexity index is 1160. The Morgan fingerprint density at radius 3 is 2.22 bits per heavy atom. The molecule has 1 fully saturated rings. The second-order valence-electron chi connectivity index (χ2n) is 9.80. The number of benzene rings is 2. The molecule has 2 aromatic carbocycles. The Hall–Kier alpha value is -2.94. The molecular formula is C27H36FN3O4S. The highest BCUT2D eigenvalue weighted by Gasteiger charge is 2.32. The minimum Gasteiger partial charge on any atom is -0.352 e. The van der Waals surface area contributed by atoms with E-state index in [1.54, 1.807) is 31.2 Å². The van der Waals surface area contributed by atoms with Gasteiger partial charge in [0.25, 0.3) is 0 Å². The molecule has 9 heteroatoms. The van der Waals surface area contributed by atoms with Crippen molar-refractivity contribution >= 4 is 27.5 Å². The summed E-state index contributed by atoms with van der Waals surface area (Å²) in [6, 6.07) is 12.0. The number of carbonyl (C=O) groups excluding carboxylic acids is 2. The van der Waals surface area contributed by atoms with Crippen LogP contribution in [0.3, 0.4) is 0 Å². The van der Waals surface area contributed by atoms with E-state index in [1.165, 1.54) is 17.0 Å². The zero-order valence-electron chi connectivity index (χ0n) is 21.4. The van der Waals surface area contributed by atoms with Gasteiger partial charge in [-0.05, 0) is 55.0 Å². The van der Waals surface area contributed by atoms with Gasteiger partial charge in [0.05, 0.1) is 11.9 Å². The van der Waals surface area contributed by atoms with Crippen molar-refractivity contribution in [3.63, 3.8) is 0 Å². The predicted molar refractivity (Wildman–Crippen MR) is 140 cm³/mol. The molecule has 2 aromatic rings. The Morgan fingerprint density at radius 2 is 1.64 bits per heavy atom. The molecule has 0 radical (unpaired) electrons. The van der Waals surface area contributed by atoms with Gasteiger partial charge in [-0.15, -0.1) is 0 Å². The van der Waals surface area contributed by atoms with Gasteiger partial charge in [-0.1, -0.05) is 57.0 Å². The lowest BCUT2D eigenvalue weighted by Crippen LogP contribution is -2.52. The van der Waals surface area contributed by atoms with Gasteiger partial charge in [0.2, 0.25) is 21.8 Å². The van der Waals surface area contributed by atoms with Gasteiger partial charge in [-0.2, -0.15) is 0 Å². The van der Waals surface area contributed by atoms with Crippen LogP contribution in [-0.2, 0) is 26.2 Å². The molecule has 0 aromatic heterocycles. The first kappa shape index (κ1) is 27.6. The van der Waals surface area contributed by atoms with Crippen LogP contribution in [0.4, 0.5) is 10.1 Å². The minimum atomic E-state index is -3.81. The second kappa shape index (κ2) is 11.9. The fourth-order valence-corrected chi connectivity index (χ4v) is 5.43. The topological polar surface area (TPSA) is 86.8 Å². The third kappa shape index (κ3) is 7.06. The molecule has 1 aliphatic rings. The lowest BCUT2D eigenvalue weighted by Gasteiger charge is -2.32. The van der Waals surface area contributed by atoms with Gasteiger partial charge in [0, 0.05) is 12.6 Å². The molecule has 1 N–H and O–H groups in total. The van der Waals surface area contributed by atoms with E-state index in [-0.39, 0.29) is 24.4 Å². The van der Waals surface area contributed by atoms with E-state index < -0.39 is 34.3 Å². The van der Waals surface area contributed by atoms with Crippen LogP contribution in [0, 0.1) is 5.82 Å². The first-order chi connectivity index (χ1) is 17.0. The second-order valence-corrected chi connectivity index (χ2v) is 11.7.